The van der Waals surface area contributed by atoms with Gasteiger partial charge in [0.25, 0.3) is 0 Å². The van der Waals surface area contributed by atoms with Gasteiger partial charge >= 0.3 is 0 Å². The summed E-state index contributed by atoms with van der Waals surface area (Å²) < 4.78 is 10.0. The first-order valence-corrected chi connectivity index (χ1v) is 6.99. The highest BCUT2D eigenvalue weighted by atomic mass is 79.9. The summed E-state index contributed by atoms with van der Waals surface area (Å²) in [6, 6.07) is 3.95. The van der Waals surface area contributed by atoms with Gasteiger partial charge in [-0.05, 0) is 22.0 Å². The van der Waals surface area contributed by atoms with E-state index in [0.29, 0.717) is 13.2 Å². The summed E-state index contributed by atoms with van der Waals surface area (Å²) >= 11 is 3.46. The van der Waals surface area contributed by atoms with Crippen LogP contribution >= 0.6 is 15.9 Å². The van der Waals surface area contributed by atoms with Crippen molar-refractivity contribution in [2.24, 2.45) is 0 Å². The standard InChI is InChI=1S/C12H11BrN6O/c13-8-3-10(12-14-7-15-19(12)5-8)16-11-4-9-6-20-2-1-18(9)17-11/h3-5,7H,1-2,6H2,(H,16,17). The largest absolute Gasteiger partial charge is 0.373 e. The number of nitrogens with zero attached hydrogens (tertiary/aromatic N) is 5. The minimum absolute atomic E-state index is 0.605. The first kappa shape index (κ1) is 11.9. The van der Waals surface area contributed by atoms with Crippen LogP contribution in [0.2, 0.25) is 0 Å². The Hall–Kier alpha value is -1.93. The van der Waals surface area contributed by atoms with Gasteiger partial charge in [0.15, 0.2) is 11.5 Å². The first-order valence-electron chi connectivity index (χ1n) is 6.20. The third kappa shape index (κ3) is 1.97. The van der Waals surface area contributed by atoms with Crippen LogP contribution in [0.1, 0.15) is 5.69 Å². The van der Waals surface area contributed by atoms with Gasteiger partial charge in [0.05, 0.1) is 31.1 Å². The van der Waals surface area contributed by atoms with Crippen LogP contribution in [-0.2, 0) is 17.9 Å². The molecule has 0 fully saturated rings. The maximum atomic E-state index is 5.41. The second-order valence-electron chi connectivity index (χ2n) is 4.52. The van der Waals surface area contributed by atoms with E-state index in [9.17, 15) is 0 Å². The lowest BCUT2D eigenvalue weighted by atomic mass is 10.3. The summed E-state index contributed by atoms with van der Waals surface area (Å²) in [7, 11) is 0. The minimum Gasteiger partial charge on any atom is -0.373 e. The molecule has 1 aliphatic rings. The van der Waals surface area contributed by atoms with E-state index in [4.69, 9.17) is 4.74 Å². The predicted molar refractivity (Wildman–Crippen MR) is 75.9 cm³/mol. The molecule has 3 aromatic heterocycles. The lowest BCUT2D eigenvalue weighted by Gasteiger charge is -2.12. The van der Waals surface area contributed by atoms with Gasteiger partial charge in [-0.1, -0.05) is 0 Å². The lowest BCUT2D eigenvalue weighted by Crippen LogP contribution is -2.16. The Morgan fingerprint density at radius 1 is 1.35 bits per heavy atom. The van der Waals surface area contributed by atoms with Gasteiger partial charge < -0.3 is 10.1 Å². The molecule has 0 atom stereocenters. The van der Waals surface area contributed by atoms with Crippen LogP contribution in [0.4, 0.5) is 11.5 Å². The molecular weight excluding hydrogens is 324 g/mol. The van der Waals surface area contributed by atoms with Gasteiger partial charge in [-0.15, -0.1) is 0 Å². The Morgan fingerprint density at radius 3 is 3.20 bits per heavy atom. The van der Waals surface area contributed by atoms with Crippen LogP contribution in [0.25, 0.3) is 5.65 Å². The molecule has 102 valence electrons. The Kier molecular flexibility index (Phi) is 2.71. The van der Waals surface area contributed by atoms with Crippen molar-refractivity contribution in [3.05, 3.63) is 34.8 Å². The van der Waals surface area contributed by atoms with E-state index in [1.807, 2.05) is 23.0 Å². The zero-order valence-corrected chi connectivity index (χ0v) is 12.0. The molecule has 4 heterocycles. The lowest BCUT2D eigenvalue weighted by molar-refractivity contribution is 0.0801. The van der Waals surface area contributed by atoms with Crippen molar-refractivity contribution >= 4 is 33.1 Å². The second-order valence-corrected chi connectivity index (χ2v) is 5.44. The molecular formula is C12H11BrN6O. The van der Waals surface area contributed by atoms with Crippen LogP contribution in [0, 0.1) is 0 Å². The second kappa shape index (κ2) is 4.57. The van der Waals surface area contributed by atoms with E-state index in [1.54, 1.807) is 4.52 Å². The molecule has 0 saturated carbocycles. The van der Waals surface area contributed by atoms with E-state index < -0.39 is 0 Å². The SMILES string of the molecule is Brc1cc(Nc2cc3n(n2)CCOC3)c2ncnn2c1. The third-order valence-corrected chi connectivity index (χ3v) is 3.60. The fraction of sp³-hybridized carbons (Fsp3) is 0.250. The molecule has 8 heteroatoms. The zero-order valence-electron chi connectivity index (χ0n) is 10.5. The Bertz CT molecular complexity index is 756. The molecule has 1 N–H and O–H groups in total. The normalized spacial score (nSPS) is 14.4. The Labute approximate surface area is 122 Å². The Balaban J connectivity index is 1.73. The van der Waals surface area contributed by atoms with E-state index in [2.05, 4.69) is 36.4 Å². The van der Waals surface area contributed by atoms with Crippen molar-refractivity contribution in [2.45, 2.75) is 13.2 Å². The summed E-state index contributed by atoms with van der Waals surface area (Å²) in [4.78, 5) is 4.25. The van der Waals surface area contributed by atoms with Crippen LogP contribution in [0.3, 0.4) is 0 Å². The van der Waals surface area contributed by atoms with Crippen molar-refractivity contribution < 1.29 is 4.74 Å². The molecule has 20 heavy (non-hydrogen) atoms. The number of ether oxygens (including phenoxy) is 1. The van der Waals surface area contributed by atoms with Gasteiger partial charge in [0.2, 0.25) is 0 Å². The Morgan fingerprint density at radius 2 is 2.30 bits per heavy atom. The molecule has 0 aliphatic carbocycles. The monoisotopic (exact) mass is 334 g/mol. The van der Waals surface area contributed by atoms with Crippen molar-refractivity contribution in [3.63, 3.8) is 0 Å². The van der Waals surface area contributed by atoms with E-state index in [0.717, 1.165) is 33.9 Å². The zero-order chi connectivity index (χ0) is 13.5. The predicted octanol–water partition coefficient (Wildman–Crippen LogP) is 1.96. The number of hydrogen-bond acceptors (Lipinski definition) is 5. The maximum Gasteiger partial charge on any atom is 0.178 e. The minimum atomic E-state index is 0.605. The van der Waals surface area contributed by atoms with Crippen LogP contribution in [0.5, 0.6) is 0 Å². The average Bonchev–Trinajstić information content (AvgIpc) is 3.03. The summed E-state index contributed by atoms with van der Waals surface area (Å²) in [5, 5.41) is 11.9. The average molecular weight is 335 g/mol. The number of pyridine rings is 1. The summed E-state index contributed by atoms with van der Waals surface area (Å²) in [5.41, 5.74) is 2.69. The summed E-state index contributed by atoms with van der Waals surface area (Å²) in [6.07, 6.45) is 3.39. The molecule has 7 nitrogen and oxygen atoms in total. The molecule has 0 spiro atoms. The number of fused-ring (bicyclic) bond motifs is 2. The molecule has 0 saturated heterocycles. The molecule has 1 aliphatic heterocycles. The fourth-order valence-electron chi connectivity index (χ4n) is 2.28. The number of nitrogens with one attached hydrogen (secondary N) is 1. The number of anilines is 2. The highest BCUT2D eigenvalue weighted by molar-refractivity contribution is 9.10. The number of halogens is 1. The molecule has 0 bridgehead atoms. The maximum absolute atomic E-state index is 5.41. The van der Waals surface area contributed by atoms with Crippen molar-refractivity contribution in [1.82, 2.24) is 24.4 Å². The quantitative estimate of drug-likeness (QED) is 0.775. The molecule has 0 radical (unpaired) electrons. The van der Waals surface area contributed by atoms with E-state index >= 15 is 0 Å². The van der Waals surface area contributed by atoms with Crippen molar-refractivity contribution in [3.8, 4) is 0 Å². The molecule has 0 amide bonds. The van der Waals surface area contributed by atoms with Gasteiger partial charge in [-0.2, -0.15) is 10.2 Å². The van der Waals surface area contributed by atoms with Gasteiger partial charge in [-0.3, -0.25) is 4.68 Å². The first-order chi connectivity index (χ1) is 9.79. The van der Waals surface area contributed by atoms with Crippen LogP contribution in [0.15, 0.2) is 29.1 Å². The highest BCUT2D eigenvalue weighted by Crippen LogP contribution is 2.24. The van der Waals surface area contributed by atoms with Crippen LogP contribution < -0.4 is 5.32 Å². The van der Waals surface area contributed by atoms with Gasteiger partial charge in [0.1, 0.15) is 6.33 Å². The molecule has 3 aromatic rings. The summed E-state index contributed by atoms with van der Waals surface area (Å²) in [5.74, 6) is 0.786. The number of rotatable bonds is 2. The van der Waals surface area contributed by atoms with Crippen LogP contribution in [-0.4, -0.2) is 31.0 Å². The number of aromatic nitrogens is 5. The molecule has 4 rings (SSSR count). The summed E-state index contributed by atoms with van der Waals surface area (Å²) in [6.45, 7) is 2.10. The topological polar surface area (TPSA) is 69.3 Å². The van der Waals surface area contributed by atoms with Gasteiger partial charge in [-0.25, -0.2) is 9.50 Å². The molecule has 0 unspecified atom stereocenters. The third-order valence-electron chi connectivity index (χ3n) is 3.17. The van der Waals surface area contributed by atoms with E-state index in [-0.39, 0.29) is 0 Å². The van der Waals surface area contributed by atoms with Crippen molar-refractivity contribution in [1.29, 1.82) is 0 Å². The number of hydrogen-bond donors (Lipinski definition) is 1. The highest BCUT2D eigenvalue weighted by Gasteiger charge is 2.14. The fourth-order valence-corrected chi connectivity index (χ4v) is 2.70. The van der Waals surface area contributed by atoms with E-state index in [1.165, 1.54) is 6.33 Å². The smallest absolute Gasteiger partial charge is 0.178 e. The van der Waals surface area contributed by atoms with Gasteiger partial charge in [0, 0.05) is 16.7 Å². The molecule has 0 aromatic carbocycles. The van der Waals surface area contributed by atoms with Crippen molar-refractivity contribution in [2.75, 3.05) is 11.9 Å².